The van der Waals surface area contributed by atoms with Crippen LogP contribution in [0.4, 0.5) is 0 Å². The van der Waals surface area contributed by atoms with E-state index in [1.165, 1.54) is 5.57 Å². The highest BCUT2D eigenvalue weighted by atomic mass is 16.5. The molecule has 0 bridgehead atoms. The van der Waals surface area contributed by atoms with Crippen LogP contribution >= 0.6 is 0 Å². The van der Waals surface area contributed by atoms with Gasteiger partial charge in [-0.2, -0.15) is 0 Å². The lowest BCUT2D eigenvalue weighted by molar-refractivity contribution is 0.0756. The number of hydrogen-bond donors (Lipinski definition) is 0. The first-order valence-corrected chi connectivity index (χ1v) is 5.84. The minimum absolute atomic E-state index is 0.524. The standard InChI is InChI=1S/C13H22N2O/c1-5-15(4)13(10-14-3)11(2)12-6-8-16-9-7-12/h10,12H,2-3,5-9H2,1,4H3/b13-10-. The average Bonchev–Trinajstić information content (AvgIpc) is 2.35. The number of nitrogens with zero attached hydrogens (tertiary/aromatic N) is 2. The molecule has 90 valence electrons. The van der Waals surface area contributed by atoms with Crippen LogP contribution in [0.2, 0.25) is 0 Å². The van der Waals surface area contributed by atoms with Crippen molar-refractivity contribution < 1.29 is 4.74 Å². The first-order valence-electron chi connectivity index (χ1n) is 5.84. The second-order valence-electron chi connectivity index (χ2n) is 4.12. The summed E-state index contributed by atoms with van der Waals surface area (Å²) in [6, 6.07) is 0. The van der Waals surface area contributed by atoms with Gasteiger partial charge in [0.25, 0.3) is 0 Å². The molecule has 0 spiro atoms. The normalized spacial score (nSPS) is 18.2. The summed E-state index contributed by atoms with van der Waals surface area (Å²) in [5.74, 6) is 0.524. The van der Waals surface area contributed by atoms with Crippen molar-refractivity contribution in [3.8, 4) is 0 Å². The zero-order valence-corrected chi connectivity index (χ0v) is 10.4. The molecule has 0 atom stereocenters. The Bertz CT molecular complexity index is 278. The van der Waals surface area contributed by atoms with E-state index >= 15 is 0 Å². The van der Waals surface area contributed by atoms with Crippen molar-refractivity contribution in [1.82, 2.24) is 4.90 Å². The lowest BCUT2D eigenvalue weighted by Crippen LogP contribution is -2.24. The summed E-state index contributed by atoms with van der Waals surface area (Å²) >= 11 is 0. The molecule has 1 fully saturated rings. The molecule has 3 nitrogen and oxygen atoms in total. The molecule has 16 heavy (non-hydrogen) atoms. The van der Waals surface area contributed by atoms with Gasteiger partial charge in [-0.25, -0.2) is 0 Å². The fourth-order valence-electron chi connectivity index (χ4n) is 1.94. The molecule has 1 aliphatic heterocycles. The number of hydrogen-bond acceptors (Lipinski definition) is 3. The molecule has 1 saturated heterocycles. The van der Waals surface area contributed by atoms with E-state index in [-0.39, 0.29) is 0 Å². The average molecular weight is 222 g/mol. The molecule has 0 aliphatic carbocycles. The van der Waals surface area contributed by atoms with Crippen molar-refractivity contribution in [2.24, 2.45) is 10.9 Å². The van der Waals surface area contributed by atoms with Crippen LogP contribution in [0.1, 0.15) is 19.8 Å². The molecule has 0 N–H and O–H groups in total. The molecular weight excluding hydrogens is 200 g/mol. The summed E-state index contributed by atoms with van der Waals surface area (Å²) in [5, 5.41) is 0. The topological polar surface area (TPSA) is 24.8 Å². The van der Waals surface area contributed by atoms with E-state index in [9.17, 15) is 0 Å². The van der Waals surface area contributed by atoms with Gasteiger partial charge in [0.2, 0.25) is 0 Å². The predicted octanol–water partition coefficient (Wildman–Crippen LogP) is 2.46. The Labute approximate surface area is 98.5 Å². The van der Waals surface area contributed by atoms with Crippen molar-refractivity contribution in [1.29, 1.82) is 0 Å². The Hall–Kier alpha value is -1.09. The number of aliphatic imine (C=N–C) groups is 1. The summed E-state index contributed by atoms with van der Waals surface area (Å²) in [6.07, 6.45) is 3.93. The molecule has 3 heteroatoms. The van der Waals surface area contributed by atoms with Gasteiger partial charge in [-0.3, -0.25) is 4.99 Å². The fraction of sp³-hybridized carbons (Fsp3) is 0.615. The molecule has 0 radical (unpaired) electrons. The molecule has 1 heterocycles. The third-order valence-electron chi connectivity index (χ3n) is 3.14. The zero-order chi connectivity index (χ0) is 12.0. The van der Waals surface area contributed by atoms with Crippen LogP contribution in [0.15, 0.2) is 29.0 Å². The van der Waals surface area contributed by atoms with Gasteiger partial charge < -0.3 is 9.64 Å². The Balaban J connectivity index is 2.73. The smallest absolute Gasteiger partial charge is 0.0578 e. The first-order chi connectivity index (χ1) is 7.70. The monoisotopic (exact) mass is 222 g/mol. The summed E-state index contributed by atoms with van der Waals surface area (Å²) < 4.78 is 5.37. The van der Waals surface area contributed by atoms with E-state index in [4.69, 9.17) is 4.74 Å². The first kappa shape index (κ1) is 13.0. The highest BCUT2D eigenvalue weighted by molar-refractivity contribution is 5.33. The van der Waals surface area contributed by atoms with E-state index in [0.29, 0.717) is 5.92 Å². The van der Waals surface area contributed by atoms with E-state index in [0.717, 1.165) is 38.3 Å². The largest absolute Gasteiger partial charge is 0.381 e. The highest BCUT2D eigenvalue weighted by Gasteiger charge is 2.20. The second kappa shape index (κ2) is 6.48. The fourth-order valence-corrected chi connectivity index (χ4v) is 1.94. The Morgan fingerprint density at radius 1 is 1.50 bits per heavy atom. The summed E-state index contributed by atoms with van der Waals surface area (Å²) in [7, 11) is 2.06. The maximum Gasteiger partial charge on any atom is 0.0578 e. The lowest BCUT2D eigenvalue weighted by Gasteiger charge is -2.29. The third-order valence-corrected chi connectivity index (χ3v) is 3.14. The lowest BCUT2D eigenvalue weighted by atomic mass is 9.90. The van der Waals surface area contributed by atoms with Gasteiger partial charge in [0.15, 0.2) is 0 Å². The molecule has 0 unspecified atom stereocenters. The quantitative estimate of drug-likeness (QED) is 0.527. The molecular formula is C13H22N2O. The van der Waals surface area contributed by atoms with Crippen LogP contribution in [0.5, 0.6) is 0 Å². The maximum absolute atomic E-state index is 5.37. The van der Waals surface area contributed by atoms with Crippen LogP contribution in [0, 0.1) is 5.92 Å². The van der Waals surface area contributed by atoms with E-state index in [1.807, 2.05) is 0 Å². The van der Waals surface area contributed by atoms with Crippen molar-refractivity contribution in [2.45, 2.75) is 19.8 Å². The van der Waals surface area contributed by atoms with Gasteiger partial charge in [0.05, 0.1) is 5.70 Å². The Morgan fingerprint density at radius 3 is 2.62 bits per heavy atom. The van der Waals surface area contributed by atoms with Gasteiger partial charge in [-0.05, 0) is 38.0 Å². The van der Waals surface area contributed by atoms with Crippen molar-refractivity contribution in [2.75, 3.05) is 26.8 Å². The maximum atomic E-state index is 5.37. The van der Waals surface area contributed by atoms with Crippen LogP contribution < -0.4 is 0 Å². The van der Waals surface area contributed by atoms with Crippen LogP contribution in [0.3, 0.4) is 0 Å². The van der Waals surface area contributed by atoms with Gasteiger partial charge in [-0.15, -0.1) is 0 Å². The minimum Gasteiger partial charge on any atom is -0.381 e. The number of allylic oxidation sites excluding steroid dienone is 1. The Morgan fingerprint density at radius 2 is 2.12 bits per heavy atom. The summed E-state index contributed by atoms with van der Waals surface area (Å²) in [4.78, 5) is 6.03. The SMILES string of the molecule is C=N/C=C(/C(=C)C1CCOCC1)N(C)CC. The van der Waals surface area contributed by atoms with E-state index < -0.39 is 0 Å². The number of ether oxygens (including phenoxy) is 1. The molecule has 0 amide bonds. The second-order valence-corrected chi connectivity index (χ2v) is 4.12. The molecule has 1 aliphatic rings. The van der Waals surface area contributed by atoms with Gasteiger partial charge in [-0.1, -0.05) is 6.58 Å². The predicted molar refractivity (Wildman–Crippen MR) is 68.6 cm³/mol. The molecule has 0 saturated carbocycles. The van der Waals surface area contributed by atoms with Crippen molar-refractivity contribution in [3.05, 3.63) is 24.0 Å². The summed E-state index contributed by atoms with van der Waals surface area (Å²) in [6.45, 7) is 12.5. The molecule has 0 aromatic heterocycles. The van der Waals surface area contributed by atoms with Gasteiger partial charge >= 0.3 is 0 Å². The number of rotatable bonds is 5. The van der Waals surface area contributed by atoms with Gasteiger partial charge in [0.1, 0.15) is 0 Å². The summed E-state index contributed by atoms with van der Waals surface area (Å²) in [5.41, 5.74) is 2.27. The Kier molecular flexibility index (Phi) is 5.26. The minimum atomic E-state index is 0.524. The van der Waals surface area contributed by atoms with Crippen molar-refractivity contribution >= 4 is 6.72 Å². The van der Waals surface area contributed by atoms with Crippen LogP contribution in [-0.2, 0) is 4.74 Å². The zero-order valence-electron chi connectivity index (χ0n) is 10.4. The number of likely N-dealkylation sites (N-methyl/N-ethyl adjacent to an activating group) is 1. The van der Waals surface area contributed by atoms with E-state index in [1.54, 1.807) is 6.20 Å². The van der Waals surface area contributed by atoms with Gasteiger partial charge in [0, 0.05) is 33.0 Å². The van der Waals surface area contributed by atoms with Crippen LogP contribution in [0.25, 0.3) is 0 Å². The highest BCUT2D eigenvalue weighted by Crippen LogP contribution is 2.28. The third kappa shape index (κ3) is 3.20. The van der Waals surface area contributed by atoms with E-state index in [2.05, 4.69) is 37.2 Å². The van der Waals surface area contributed by atoms with Crippen LogP contribution in [-0.4, -0.2) is 38.4 Å². The molecule has 0 aromatic carbocycles. The molecule has 0 aromatic rings. The van der Waals surface area contributed by atoms with Crippen molar-refractivity contribution in [3.63, 3.8) is 0 Å². The molecule has 1 rings (SSSR count).